The standard InChI is InChI=1S/C23H27N5O3/c1-15-20-19(31-22(15)23(29)25-11-18-14-27(2)9-10-30-18)7-6-16-12-28(26-21(16)20)13-17-5-3-4-8-24-17/h3-5,8,12,18H,6-7,9-11,13-14H2,1-2H3,(H,25,29)/t18-/m0/s1. The number of amides is 1. The molecular formula is C23H27N5O3. The van der Waals surface area contributed by atoms with E-state index in [1.54, 1.807) is 6.20 Å². The Hall–Kier alpha value is -2.97. The van der Waals surface area contributed by atoms with E-state index in [2.05, 4.69) is 28.4 Å². The number of hydrogen-bond acceptors (Lipinski definition) is 6. The summed E-state index contributed by atoms with van der Waals surface area (Å²) >= 11 is 0. The van der Waals surface area contributed by atoms with Gasteiger partial charge in [-0.15, -0.1) is 0 Å². The minimum absolute atomic E-state index is 0.00138. The average Bonchev–Trinajstić information content (AvgIpc) is 3.33. The molecule has 1 atom stereocenters. The number of fused-ring (bicyclic) bond motifs is 3. The fraction of sp³-hybridized carbons (Fsp3) is 0.435. The quantitative estimate of drug-likeness (QED) is 0.679. The van der Waals surface area contributed by atoms with Crippen molar-refractivity contribution in [3.05, 3.63) is 58.9 Å². The lowest BCUT2D eigenvalue weighted by molar-refractivity contribution is -0.0176. The summed E-state index contributed by atoms with van der Waals surface area (Å²) in [5, 5.41) is 7.79. The Labute approximate surface area is 181 Å². The summed E-state index contributed by atoms with van der Waals surface area (Å²) < 4.78 is 13.7. The van der Waals surface area contributed by atoms with Crippen LogP contribution in [-0.2, 0) is 24.1 Å². The first-order valence-corrected chi connectivity index (χ1v) is 10.8. The Morgan fingerprint density at radius 1 is 1.32 bits per heavy atom. The maximum atomic E-state index is 12.9. The molecule has 31 heavy (non-hydrogen) atoms. The van der Waals surface area contributed by atoms with Gasteiger partial charge in [-0.2, -0.15) is 5.10 Å². The van der Waals surface area contributed by atoms with E-state index in [-0.39, 0.29) is 12.0 Å². The van der Waals surface area contributed by atoms with E-state index in [1.807, 2.05) is 29.8 Å². The molecule has 4 heterocycles. The average molecular weight is 422 g/mol. The molecule has 8 heteroatoms. The minimum atomic E-state index is -0.196. The van der Waals surface area contributed by atoms with Gasteiger partial charge in [0, 0.05) is 49.6 Å². The van der Waals surface area contributed by atoms with Crippen LogP contribution in [0.5, 0.6) is 0 Å². The van der Waals surface area contributed by atoms with Gasteiger partial charge in [-0.05, 0) is 38.1 Å². The van der Waals surface area contributed by atoms with Crippen molar-refractivity contribution in [3.63, 3.8) is 0 Å². The second-order valence-corrected chi connectivity index (χ2v) is 8.34. The molecule has 1 aliphatic carbocycles. The van der Waals surface area contributed by atoms with Gasteiger partial charge in [0.25, 0.3) is 5.91 Å². The lowest BCUT2D eigenvalue weighted by atomic mass is 9.93. The van der Waals surface area contributed by atoms with E-state index >= 15 is 0 Å². The third-order valence-corrected chi connectivity index (χ3v) is 6.00. The Bertz CT molecular complexity index is 1090. The van der Waals surface area contributed by atoms with Crippen LogP contribution in [0.4, 0.5) is 0 Å². The number of pyridine rings is 1. The van der Waals surface area contributed by atoms with Gasteiger partial charge in [0.2, 0.25) is 0 Å². The van der Waals surface area contributed by atoms with Crippen LogP contribution in [0.3, 0.4) is 0 Å². The lowest BCUT2D eigenvalue weighted by Gasteiger charge is -2.29. The summed E-state index contributed by atoms with van der Waals surface area (Å²) in [6.07, 6.45) is 5.48. The highest BCUT2D eigenvalue weighted by Gasteiger charge is 2.30. The first-order valence-electron chi connectivity index (χ1n) is 10.8. The Morgan fingerprint density at radius 3 is 3.03 bits per heavy atom. The number of carbonyl (C=O) groups excluding carboxylic acids is 1. The molecule has 0 aromatic carbocycles. The maximum Gasteiger partial charge on any atom is 0.287 e. The summed E-state index contributed by atoms with van der Waals surface area (Å²) in [7, 11) is 2.06. The van der Waals surface area contributed by atoms with Gasteiger partial charge in [-0.25, -0.2) is 0 Å². The number of hydrogen-bond donors (Lipinski definition) is 1. The Balaban J connectivity index is 1.34. The number of furan rings is 1. The topological polar surface area (TPSA) is 85.4 Å². The number of nitrogens with zero attached hydrogens (tertiary/aromatic N) is 4. The van der Waals surface area contributed by atoms with Crippen LogP contribution in [0.15, 0.2) is 35.0 Å². The number of nitrogens with one attached hydrogen (secondary N) is 1. The van der Waals surface area contributed by atoms with Crippen molar-refractivity contribution in [1.29, 1.82) is 0 Å². The minimum Gasteiger partial charge on any atom is -0.455 e. The van der Waals surface area contributed by atoms with Gasteiger partial charge in [-0.3, -0.25) is 14.5 Å². The van der Waals surface area contributed by atoms with Crippen LogP contribution < -0.4 is 5.32 Å². The molecule has 1 N–H and O–H groups in total. The van der Waals surface area contributed by atoms with Gasteiger partial charge in [0.15, 0.2) is 5.76 Å². The van der Waals surface area contributed by atoms with Crippen LogP contribution in [0.25, 0.3) is 11.3 Å². The molecule has 1 saturated heterocycles. The first-order chi connectivity index (χ1) is 15.1. The number of ether oxygens (including phenoxy) is 1. The number of aryl methyl sites for hydroxylation is 2. The molecule has 0 saturated carbocycles. The smallest absolute Gasteiger partial charge is 0.287 e. The van der Waals surface area contributed by atoms with Gasteiger partial charge in [0.1, 0.15) is 5.76 Å². The largest absolute Gasteiger partial charge is 0.455 e. The predicted octanol–water partition coefficient (Wildman–Crippen LogP) is 2.05. The molecule has 162 valence electrons. The van der Waals surface area contributed by atoms with Crippen molar-refractivity contribution in [2.24, 2.45) is 0 Å². The van der Waals surface area contributed by atoms with Crippen LogP contribution in [0.2, 0.25) is 0 Å². The molecule has 1 aliphatic heterocycles. The van der Waals surface area contributed by atoms with E-state index < -0.39 is 0 Å². The van der Waals surface area contributed by atoms with Crippen molar-refractivity contribution in [2.45, 2.75) is 32.4 Å². The van der Waals surface area contributed by atoms with Gasteiger partial charge in [-0.1, -0.05) is 6.07 Å². The molecule has 1 amide bonds. The molecule has 0 spiro atoms. The summed E-state index contributed by atoms with van der Waals surface area (Å²) in [6.45, 7) is 5.44. The highest BCUT2D eigenvalue weighted by molar-refractivity contribution is 5.95. The number of carbonyl (C=O) groups is 1. The Kier molecular flexibility index (Phi) is 5.33. The van der Waals surface area contributed by atoms with Crippen molar-refractivity contribution >= 4 is 5.91 Å². The fourth-order valence-corrected chi connectivity index (χ4v) is 4.40. The third-order valence-electron chi connectivity index (χ3n) is 6.00. The van der Waals surface area contributed by atoms with E-state index in [4.69, 9.17) is 14.3 Å². The highest BCUT2D eigenvalue weighted by atomic mass is 16.5. The molecule has 0 radical (unpaired) electrons. The normalized spacial score (nSPS) is 18.5. The number of morpholine rings is 1. The zero-order valence-corrected chi connectivity index (χ0v) is 17.9. The number of likely N-dealkylation sites (N-methyl/N-ethyl adjacent to an activating group) is 1. The molecule has 2 aliphatic rings. The van der Waals surface area contributed by atoms with Gasteiger partial charge in [0.05, 0.1) is 30.6 Å². The SMILES string of the molecule is Cc1c(C(=O)NC[C@H]2CN(C)CCO2)oc2c1-c1nn(Cc3ccccn3)cc1CC2. The molecule has 3 aromatic heterocycles. The monoisotopic (exact) mass is 421 g/mol. The maximum absolute atomic E-state index is 12.9. The molecule has 0 bridgehead atoms. The van der Waals surface area contributed by atoms with Crippen LogP contribution in [0.1, 0.15) is 33.1 Å². The molecule has 0 unspecified atom stereocenters. The van der Waals surface area contributed by atoms with E-state index in [9.17, 15) is 4.79 Å². The fourth-order valence-electron chi connectivity index (χ4n) is 4.40. The second kappa shape index (κ2) is 8.28. The molecule has 3 aromatic rings. The van der Waals surface area contributed by atoms with Crippen molar-refractivity contribution in [3.8, 4) is 11.3 Å². The summed E-state index contributed by atoms with van der Waals surface area (Å²) in [6, 6.07) is 5.88. The van der Waals surface area contributed by atoms with E-state index in [0.29, 0.717) is 25.5 Å². The summed E-state index contributed by atoms with van der Waals surface area (Å²) in [5.74, 6) is 1.02. The molecule has 5 rings (SSSR count). The van der Waals surface area contributed by atoms with Crippen LogP contribution >= 0.6 is 0 Å². The third kappa shape index (κ3) is 4.00. The molecule has 8 nitrogen and oxygen atoms in total. The van der Waals surface area contributed by atoms with E-state index in [0.717, 1.165) is 54.2 Å². The lowest BCUT2D eigenvalue weighted by Crippen LogP contribution is -2.45. The van der Waals surface area contributed by atoms with Gasteiger partial charge < -0.3 is 19.4 Å². The Morgan fingerprint density at radius 2 is 2.23 bits per heavy atom. The molecular weight excluding hydrogens is 394 g/mol. The van der Waals surface area contributed by atoms with Gasteiger partial charge >= 0.3 is 0 Å². The number of aromatic nitrogens is 3. The van der Waals surface area contributed by atoms with Crippen LogP contribution in [-0.4, -0.2) is 65.0 Å². The summed E-state index contributed by atoms with van der Waals surface area (Å²) in [4.78, 5) is 19.5. The second-order valence-electron chi connectivity index (χ2n) is 8.34. The molecule has 1 fully saturated rings. The first kappa shape index (κ1) is 20.0. The predicted molar refractivity (Wildman–Crippen MR) is 115 cm³/mol. The highest BCUT2D eigenvalue weighted by Crippen LogP contribution is 2.38. The van der Waals surface area contributed by atoms with Crippen molar-refractivity contribution in [2.75, 3.05) is 33.3 Å². The summed E-state index contributed by atoms with van der Waals surface area (Å²) in [5.41, 5.74) is 4.85. The van der Waals surface area contributed by atoms with Crippen molar-refractivity contribution < 1.29 is 13.9 Å². The van der Waals surface area contributed by atoms with Crippen molar-refractivity contribution in [1.82, 2.24) is 25.0 Å². The van der Waals surface area contributed by atoms with Crippen LogP contribution in [0, 0.1) is 6.92 Å². The number of rotatable bonds is 5. The van der Waals surface area contributed by atoms with E-state index in [1.165, 1.54) is 5.56 Å². The zero-order chi connectivity index (χ0) is 21.4. The zero-order valence-electron chi connectivity index (χ0n) is 17.9.